The van der Waals surface area contributed by atoms with Crippen LogP contribution in [0.3, 0.4) is 0 Å². The third kappa shape index (κ3) is 3.40. The lowest BCUT2D eigenvalue weighted by molar-refractivity contribution is 0.0527. The topological polar surface area (TPSA) is 64.3 Å². The first-order valence-corrected chi connectivity index (χ1v) is 7.04. The van der Waals surface area contributed by atoms with Crippen molar-refractivity contribution >= 4 is 17.3 Å². The van der Waals surface area contributed by atoms with Crippen LogP contribution < -0.4 is 11.1 Å². The zero-order valence-corrected chi connectivity index (χ0v) is 11.4. The molecule has 0 spiro atoms. The fourth-order valence-electron chi connectivity index (χ4n) is 2.56. The van der Waals surface area contributed by atoms with E-state index in [1.165, 1.54) is 19.3 Å². The summed E-state index contributed by atoms with van der Waals surface area (Å²) in [6.07, 6.45) is 6.04. The second-order valence-corrected chi connectivity index (χ2v) is 4.97. The van der Waals surface area contributed by atoms with Crippen LogP contribution in [0.1, 0.15) is 49.4 Å². The number of benzene rings is 1. The van der Waals surface area contributed by atoms with E-state index in [1.54, 1.807) is 19.1 Å². The van der Waals surface area contributed by atoms with Gasteiger partial charge in [-0.2, -0.15) is 0 Å². The Morgan fingerprint density at radius 3 is 2.79 bits per heavy atom. The van der Waals surface area contributed by atoms with Crippen LogP contribution in [0.25, 0.3) is 0 Å². The molecule has 0 saturated heterocycles. The summed E-state index contributed by atoms with van der Waals surface area (Å²) in [4.78, 5) is 11.9. The van der Waals surface area contributed by atoms with Gasteiger partial charge in [0.05, 0.1) is 23.5 Å². The Balaban J connectivity index is 2.19. The lowest BCUT2D eigenvalue weighted by atomic mass is 9.95. The predicted molar refractivity (Wildman–Crippen MR) is 77.3 cm³/mol. The molecule has 3 N–H and O–H groups in total. The van der Waals surface area contributed by atoms with Crippen molar-refractivity contribution in [2.75, 3.05) is 17.7 Å². The number of esters is 1. The minimum atomic E-state index is -0.312. The number of ether oxygens (including phenoxy) is 1. The van der Waals surface area contributed by atoms with Gasteiger partial charge in [-0.1, -0.05) is 25.3 Å². The number of carbonyl (C=O) groups is 1. The monoisotopic (exact) mass is 262 g/mol. The van der Waals surface area contributed by atoms with Gasteiger partial charge >= 0.3 is 5.97 Å². The molecule has 1 saturated carbocycles. The van der Waals surface area contributed by atoms with Gasteiger partial charge < -0.3 is 15.8 Å². The van der Waals surface area contributed by atoms with E-state index in [4.69, 9.17) is 10.5 Å². The zero-order chi connectivity index (χ0) is 13.7. The number of hydrogen-bond donors (Lipinski definition) is 2. The van der Waals surface area contributed by atoms with Crippen molar-refractivity contribution in [3.63, 3.8) is 0 Å². The van der Waals surface area contributed by atoms with E-state index in [2.05, 4.69) is 5.32 Å². The normalized spacial score (nSPS) is 16.1. The minimum absolute atomic E-state index is 0.312. The van der Waals surface area contributed by atoms with E-state index in [9.17, 15) is 4.79 Å². The number of nitrogen functional groups attached to an aromatic ring is 1. The number of nitrogens with one attached hydrogen (secondary N) is 1. The number of para-hydroxylation sites is 1. The second-order valence-electron chi connectivity index (χ2n) is 4.97. The van der Waals surface area contributed by atoms with Crippen molar-refractivity contribution in [1.82, 2.24) is 0 Å². The molecule has 0 aromatic heterocycles. The van der Waals surface area contributed by atoms with Crippen molar-refractivity contribution in [2.24, 2.45) is 0 Å². The van der Waals surface area contributed by atoms with Gasteiger partial charge in [0.25, 0.3) is 0 Å². The third-order valence-corrected chi connectivity index (χ3v) is 3.55. The van der Waals surface area contributed by atoms with Crippen molar-refractivity contribution in [2.45, 2.75) is 45.1 Å². The summed E-state index contributed by atoms with van der Waals surface area (Å²) < 4.78 is 5.08. The van der Waals surface area contributed by atoms with Gasteiger partial charge in [0, 0.05) is 6.04 Å². The largest absolute Gasteiger partial charge is 0.462 e. The molecule has 1 aliphatic carbocycles. The maximum atomic E-state index is 11.9. The van der Waals surface area contributed by atoms with Gasteiger partial charge in [-0.15, -0.1) is 0 Å². The average molecular weight is 262 g/mol. The summed E-state index contributed by atoms with van der Waals surface area (Å²) in [5.74, 6) is -0.312. The van der Waals surface area contributed by atoms with Crippen molar-refractivity contribution < 1.29 is 9.53 Å². The Bertz CT molecular complexity index is 440. The smallest absolute Gasteiger partial charge is 0.340 e. The average Bonchev–Trinajstić information content (AvgIpc) is 2.42. The Labute approximate surface area is 114 Å². The number of nitrogens with two attached hydrogens (primary N) is 1. The van der Waals surface area contributed by atoms with Gasteiger partial charge in [-0.05, 0) is 31.9 Å². The first-order valence-electron chi connectivity index (χ1n) is 7.04. The molecule has 0 atom stereocenters. The lowest BCUT2D eigenvalue weighted by Crippen LogP contribution is -2.24. The van der Waals surface area contributed by atoms with Crippen molar-refractivity contribution in [3.8, 4) is 0 Å². The molecule has 1 aromatic carbocycles. The van der Waals surface area contributed by atoms with Crippen LogP contribution in [0.15, 0.2) is 18.2 Å². The summed E-state index contributed by atoms with van der Waals surface area (Å²) in [6.45, 7) is 2.18. The van der Waals surface area contributed by atoms with E-state index in [1.807, 2.05) is 6.07 Å². The maximum absolute atomic E-state index is 11.9. The summed E-state index contributed by atoms with van der Waals surface area (Å²) >= 11 is 0. The highest BCUT2D eigenvalue weighted by molar-refractivity contribution is 5.98. The zero-order valence-electron chi connectivity index (χ0n) is 11.4. The Kier molecular flexibility index (Phi) is 4.66. The van der Waals surface area contributed by atoms with Crippen LogP contribution >= 0.6 is 0 Å². The van der Waals surface area contributed by atoms with Gasteiger partial charge in [-0.25, -0.2) is 4.79 Å². The molecule has 0 unspecified atom stereocenters. The Morgan fingerprint density at radius 1 is 1.37 bits per heavy atom. The molecule has 0 aliphatic heterocycles. The van der Waals surface area contributed by atoms with E-state index in [0.29, 0.717) is 23.9 Å². The van der Waals surface area contributed by atoms with Crippen LogP contribution in [0.4, 0.5) is 11.4 Å². The van der Waals surface area contributed by atoms with Gasteiger partial charge in [0.2, 0.25) is 0 Å². The molecule has 19 heavy (non-hydrogen) atoms. The molecule has 4 nitrogen and oxygen atoms in total. The van der Waals surface area contributed by atoms with Crippen LogP contribution in [0.2, 0.25) is 0 Å². The number of rotatable bonds is 4. The molecular weight excluding hydrogens is 240 g/mol. The summed E-state index contributed by atoms with van der Waals surface area (Å²) in [5, 5.41) is 3.43. The van der Waals surface area contributed by atoms with Crippen molar-refractivity contribution in [1.29, 1.82) is 0 Å². The molecule has 1 fully saturated rings. The van der Waals surface area contributed by atoms with Gasteiger partial charge in [-0.3, -0.25) is 0 Å². The maximum Gasteiger partial charge on any atom is 0.340 e. The minimum Gasteiger partial charge on any atom is -0.462 e. The van der Waals surface area contributed by atoms with Gasteiger partial charge in [0.15, 0.2) is 0 Å². The molecule has 1 aromatic rings. The molecule has 2 rings (SSSR count). The first-order chi connectivity index (χ1) is 9.22. The van der Waals surface area contributed by atoms with E-state index in [0.717, 1.165) is 18.5 Å². The molecule has 1 aliphatic rings. The molecule has 0 heterocycles. The van der Waals surface area contributed by atoms with Crippen molar-refractivity contribution in [3.05, 3.63) is 23.8 Å². The Morgan fingerprint density at radius 2 is 2.11 bits per heavy atom. The highest BCUT2D eigenvalue weighted by atomic mass is 16.5. The standard InChI is InChI=1S/C15H22N2O2/c1-2-19-15(18)12-9-6-10-13(16)14(12)17-11-7-4-3-5-8-11/h6,9-11,17H,2-5,7-8,16H2,1H3. The van der Waals surface area contributed by atoms with Crippen LogP contribution in [-0.2, 0) is 4.74 Å². The Hall–Kier alpha value is -1.71. The molecule has 0 amide bonds. The van der Waals surface area contributed by atoms with Crippen LogP contribution in [0, 0.1) is 0 Å². The fourth-order valence-corrected chi connectivity index (χ4v) is 2.56. The molecule has 0 bridgehead atoms. The number of anilines is 2. The first kappa shape index (κ1) is 13.7. The predicted octanol–water partition coefficient (Wildman–Crippen LogP) is 3.19. The summed E-state index contributed by atoms with van der Waals surface area (Å²) in [7, 11) is 0. The highest BCUT2D eigenvalue weighted by Crippen LogP contribution is 2.28. The molecule has 4 heteroatoms. The third-order valence-electron chi connectivity index (χ3n) is 3.55. The molecule has 104 valence electrons. The van der Waals surface area contributed by atoms with E-state index >= 15 is 0 Å². The summed E-state index contributed by atoms with van der Waals surface area (Å²) in [6, 6.07) is 5.77. The van der Waals surface area contributed by atoms with E-state index in [-0.39, 0.29) is 5.97 Å². The quantitative estimate of drug-likeness (QED) is 0.646. The van der Waals surface area contributed by atoms with Crippen LogP contribution in [0.5, 0.6) is 0 Å². The number of hydrogen-bond acceptors (Lipinski definition) is 4. The lowest BCUT2D eigenvalue weighted by Gasteiger charge is -2.25. The van der Waals surface area contributed by atoms with E-state index < -0.39 is 0 Å². The molecular formula is C15H22N2O2. The summed E-state index contributed by atoms with van der Waals surface area (Å²) in [5.41, 5.74) is 7.87. The van der Waals surface area contributed by atoms with Crippen LogP contribution in [-0.4, -0.2) is 18.6 Å². The SMILES string of the molecule is CCOC(=O)c1cccc(N)c1NC1CCCCC1. The second kappa shape index (κ2) is 6.45. The fraction of sp³-hybridized carbons (Fsp3) is 0.533. The highest BCUT2D eigenvalue weighted by Gasteiger charge is 2.19. The number of carbonyl (C=O) groups excluding carboxylic acids is 1. The van der Waals surface area contributed by atoms with Gasteiger partial charge in [0.1, 0.15) is 0 Å². The molecule has 0 radical (unpaired) electrons.